The minimum atomic E-state index is -4.16. The first-order chi connectivity index (χ1) is 13.3. The number of carbonyl (C=O) groups is 1. The maximum absolute atomic E-state index is 13.4. The summed E-state index contributed by atoms with van der Waals surface area (Å²) in [6.45, 7) is 1.49. The smallest absolute Gasteiger partial charge is 0.542 e. The van der Waals surface area contributed by atoms with Crippen molar-refractivity contribution < 1.29 is 56.1 Å². The first-order valence-electron chi connectivity index (χ1n) is 8.28. The number of alkyl halides is 2. The molecule has 0 saturated carbocycles. The Bertz CT molecular complexity index is 1090. The van der Waals surface area contributed by atoms with Crippen molar-refractivity contribution in [3.05, 3.63) is 65.1 Å². The summed E-state index contributed by atoms with van der Waals surface area (Å²) < 4.78 is 59.1. The molecule has 3 rings (SSSR count). The van der Waals surface area contributed by atoms with Gasteiger partial charge in [0.05, 0.1) is 16.4 Å². The van der Waals surface area contributed by atoms with E-state index in [0.29, 0.717) is 11.1 Å². The average Bonchev–Trinajstić information content (AvgIpc) is 3.14. The van der Waals surface area contributed by atoms with Gasteiger partial charge in [0.2, 0.25) is 5.76 Å². The second kappa shape index (κ2) is 9.62. The van der Waals surface area contributed by atoms with Crippen molar-refractivity contribution in [1.82, 2.24) is 5.16 Å². The van der Waals surface area contributed by atoms with Gasteiger partial charge in [0.25, 0.3) is 6.43 Å². The second-order valence-electron chi connectivity index (χ2n) is 5.78. The number of hydrogen-bond acceptors (Lipinski definition) is 5. The molecule has 1 heterocycles. The van der Waals surface area contributed by atoms with Crippen molar-refractivity contribution in [2.24, 2.45) is 0 Å². The Kier molecular flexibility index (Phi) is 7.70. The van der Waals surface area contributed by atoms with Crippen LogP contribution < -0.4 is 29.6 Å². The normalized spacial score (nSPS) is 11.2. The minimum Gasteiger partial charge on any atom is -0.542 e. The molecule has 0 fully saturated rings. The van der Waals surface area contributed by atoms with E-state index in [1.54, 1.807) is 30.3 Å². The quantitative estimate of drug-likeness (QED) is 0.560. The number of sulfonamides is 1. The largest absolute Gasteiger partial charge is 1.00 e. The van der Waals surface area contributed by atoms with Crippen LogP contribution in [-0.2, 0) is 14.8 Å². The molecule has 0 N–H and O–H groups in total. The van der Waals surface area contributed by atoms with Gasteiger partial charge in [-0.15, -0.1) is 0 Å². The van der Waals surface area contributed by atoms with Gasteiger partial charge in [0.15, 0.2) is 0 Å². The summed E-state index contributed by atoms with van der Waals surface area (Å²) in [6.07, 6.45) is -2.95. The first kappa shape index (κ1) is 23.2. The number of carbonyl (C=O) groups excluding carboxylic acids is 1. The van der Waals surface area contributed by atoms with E-state index >= 15 is 0 Å². The van der Waals surface area contributed by atoms with Crippen molar-refractivity contribution in [3.8, 4) is 22.4 Å². The third kappa shape index (κ3) is 5.11. The molecule has 0 atom stereocenters. The van der Waals surface area contributed by atoms with Crippen LogP contribution in [0, 0.1) is 0 Å². The predicted molar refractivity (Wildman–Crippen MR) is 98.2 cm³/mol. The number of amides is 1. The van der Waals surface area contributed by atoms with Crippen molar-refractivity contribution >= 4 is 15.9 Å². The minimum absolute atomic E-state index is 0. The molecule has 0 aliphatic rings. The maximum atomic E-state index is 13.4. The predicted octanol–water partition coefficient (Wildman–Crippen LogP) is 1.95. The summed E-state index contributed by atoms with van der Waals surface area (Å²) in [5.41, 5.74) is 1.17. The third-order valence-corrected chi connectivity index (χ3v) is 5.24. The van der Waals surface area contributed by atoms with Crippen molar-refractivity contribution in [1.29, 1.82) is 0 Å². The van der Waals surface area contributed by atoms with Crippen LogP contribution in [0.5, 0.6) is 0 Å². The van der Waals surface area contributed by atoms with E-state index in [1.807, 2.05) is 0 Å². The van der Waals surface area contributed by atoms with Crippen LogP contribution in [0.3, 0.4) is 0 Å². The van der Waals surface area contributed by atoms with Crippen molar-refractivity contribution in [2.75, 3.05) is 0 Å². The zero-order valence-electron chi connectivity index (χ0n) is 15.7. The number of nitrogens with zero attached hydrogens (tertiary/aromatic N) is 2. The van der Waals surface area contributed by atoms with E-state index in [9.17, 15) is 22.0 Å². The van der Waals surface area contributed by atoms with Gasteiger partial charge >= 0.3 is 29.6 Å². The Morgan fingerprint density at radius 3 is 2.24 bits per heavy atom. The van der Waals surface area contributed by atoms with Gasteiger partial charge in [0.1, 0.15) is 15.7 Å². The van der Waals surface area contributed by atoms with Crippen LogP contribution in [0.4, 0.5) is 8.78 Å². The van der Waals surface area contributed by atoms with E-state index in [2.05, 4.69) is 9.88 Å². The Hall–Kier alpha value is -2.07. The molecule has 2 aromatic carbocycles. The zero-order valence-corrected chi connectivity index (χ0v) is 18.5. The second-order valence-corrected chi connectivity index (χ2v) is 7.38. The molecule has 1 amide bonds. The molecule has 0 radical (unpaired) electrons. The standard InChI is InChI=1S/C19H16F2N2O4S.Na/c1-2-15(24)23-28(25,26)14-10-8-12(9-11-14)16-17(13-6-4-3-5-7-13)22-27-18(16)19(20)21;/h3-11,19H,2H2,1H3,(H,23,24);/q;+1/p-1. The molecule has 29 heavy (non-hydrogen) atoms. The maximum Gasteiger partial charge on any atom is 1.00 e. The van der Waals surface area contributed by atoms with Gasteiger partial charge in [0, 0.05) is 5.56 Å². The van der Waals surface area contributed by atoms with Gasteiger partial charge in [-0.2, -0.15) is 0 Å². The number of halogens is 2. The summed E-state index contributed by atoms with van der Waals surface area (Å²) in [6, 6.07) is 13.7. The van der Waals surface area contributed by atoms with Gasteiger partial charge in [-0.05, 0) is 24.1 Å². The summed E-state index contributed by atoms with van der Waals surface area (Å²) in [4.78, 5) is 11.1. The van der Waals surface area contributed by atoms with E-state index in [1.165, 1.54) is 31.2 Å². The van der Waals surface area contributed by atoms with Crippen molar-refractivity contribution in [2.45, 2.75) is 24.7 Å². The molecular formula is C19H15F2N2NaO4S. The van der Waals surface area contributed by atoms with E-state index in [4.69, 9.17) is 4.52 Å². The Morgan fingerprint density at radius 2 is 1.69 bits per heavy atom. The topological polar surface area (TPSA) is 91.3 Å². The van der Waals surface area contributed by atoms with Gasteiger partial charge in [-0.25, -0.2) is 17.2 Å². The first-order valence-corrected chi connectivity index (χ1v) is 9.72. The van der Waals surface area contributed by atoms with Gasteiger partial charge < -0.3 is 14.0 Å². The van der Waals surface area contributed by atoms with Crippen LogP contribution in [0.15, 0.2) is 64.0 Å². The molecular weight excluding hydrogens is 413 g/mol. The molecule has 10 heteroatoms. The summed E-state index contributed by atoms with van der Waals surface area (Å²) >= 11 is 0. The Labute approximate surface area is 188 Å². The molecule has 146 valence electrons. The summed E-state index contributed by atoms with van der Waals surface area (Å²) in [5, 5.41) is 3.77. The van der Waals surface area contributed by atoms with E-state index < -0.39 is 28.1 Å². The fourth-order valence-corrected chi connectivity index (χ4v) is 3.55. The number of hydrogen-bond donors (Lipinski definition) is 0. The fourth-order valence-electron chi connectivity index (χ4n) is 2.57. The molecule has 3 aromatic rings. The van der Waals surface area contributed by atoms with E-state index in [-0.39, 0.29) is 52.1 Å². The summed E-state index contributed by atoms with van der Waals surface area (Å²) in [7, 11) is -4.16. The Morgan fingerprint density at radius 1 is 1.07 bits per heavy atom. The van der Waals surface area contributed by atoms with Gasteiger partial charge in [-0.1, -0.05) is 54.5 Å². The Balaban J connectivity index is 0.00000300. The van der Waals surface area contributed by atoms with Crippen LogP contribution >= 0.6 is 0 Å². The molecule has 0 unspecified atom stereocenters. The zero-order chi connectivity index (χ0) is 20.3. The number of benzene rings is 2. The summed E-state index contributed by atoms with van der Waals surface area (Å²) in [5.74, 6) is -1.38. The van der Waals surface area contributed by atoms with Crippen LogP contribution in [0.2, 0.25) is 0 Å². The van der Waals surface area contributed by atoms with Crippen LogP contribution in [-0.4, -0.2) is 19.5 Å². The molecule has 0 saturated heterocycles. The van der Waals surface area contributed by atoms with Crippen LogP contribution in [0.25, 0.3) is 27.1 Å². The number of rotatable bonds is 6. The molecule has 0 aliphatic carbocycles. The van der Waals surface area contributed by atoms with Crippen LogP contribution in [0.1, 0.15) is 25.5 Å². The van der Waals surface area contributed by atoms with Gasteiger partial charge in [-0.3, -0.25) is 0 Å². The molecule has 6 nitrogen and oxygen atoms in total. The van der Waals surface area contributed by atoms with E-state index in [0.717, 1.165) is 0 Å². The monoisotopic (exact) mass is 428 g/mol. The fraction of sp³-hybridized carbons (Fsp3) is 0.158. The molecule has 0 aliphatic heterocycles. The molecule has 1 aromatic heterocycles. The number of aromatic nitrogens is 1. The molecule has 0 bridgehead atoms. The SMILES string of the molecule is CCC(=O)[N-]S(=O)(=O)c1ccc(-c2c(-c3ccccc3)noc2C(F)F)cc1.[Na+]. The third-order valence-electron chi connectivity index (χ3n) is 3.93. The average molecular weight is 428 g/mol. The molecule has 0 spiro atoms. The van der Waals surface area contributed by atoms with Crippen molar-refractivity contribution in [3.63, 3.8) is 0 Å².